The summed E-state index contributed by atoms with van der Waals surface area (Å²) in [5.41, 5.74) is 2.17. The van der Waals surface area contributed by atoms with Gasteiger partial charge in [-0.25, -0.2) is 4.98 Å². The molecule has 0 atom stereocenters. The number of amides is 1. The highest BCUT2D eigenvalue weighted by atomic mass is 16.2. The van der Waals surface area contributed by atoms with Gasteiger partial charge in [-0.15, -0.1) is 6.58 Å². The zero-order valence-electron chi connectivity index (χ0n) is 12.2. The highest BCUT2D eigenvalue weighted by Crippen LogP contribution is 2.28. The van der Waals surface area contributed by atoms with Crippen molar-refractivity contribution < 1.29 is 4.79 Å². The molecule has 2 aromatic rings. The number of aromatic nitrogens is 2. The molecule has 0 aliphatic heterocycles. The van der Waals surface area contributed by atoms with E-state index in [1.807, 2.05) is 24.3 Å². The number of carbonyl (C=O) groups is 1. The summed E-state index contributed by atoms with van der Waals surface area (Å²) >= 11 is 0. The first-order chi connectivity index (χ1) is 10.3. The maximum atomic E-state index is 11.6. The lowest BCUT2D eigenvalue weighted by molar-refractivity contribution is -0.122. The first-order valence-corrected chi connectivity index (χ1v) is 7.62. The van der Waals surface area contributed by atoms with E-state index in [4.69, 9.17) is 4.98 Å². The van der Waals surface area contributed by atoms with Crippen molar-refractivity contribution in [3.63, 3.8) is 0 Å². The molecule has 3 rings (SSSR count). The molecule has 0 saturated heterocycles. The summed E-state index contributed by atoms with van der Waals surface area (Å²) in [6.45, 7) is 5.32. The number of para-hydroxylation sites is 2. The average molecular weight is 283 g/mol. The Balaban J connectivity index is 1.63. The minimum atomic E-state index is 0.217. The van der Waals surface area contributed by atoms with Crippen LogP contribution in [0.4, 0.5) is 0 Å². The topological polar surface area (TPSA) is 46.9 Å². The maximum Gasteiger partial charge on any atom is 0.223 e. The lowest BCUT2D eigenvalue weighted by Gasteiger charge is -2.07. The molecule has 4 nitrogen and oxygen atoms in total. The fraction of sp³-hybridized carbons (Fsp3) is 0.412. The summed E-state index contributed by atoms with van der Waals surface area (Å²) in [6, 6.07) is 8.16. The summed E-state index contributed by atoms with van der Waals surface area (Å²) in [7, 11) is 0. The molecule has 1 aromatic heterocycles. The highest BCUT2D eigenvalue weighted by molar-refractivity contribution is 5.80. The molecule has 110 valence electrons. The van der Waals surface area contributed by atoms with E-state index in [0.29, 0.717) is 0 Å². The number of carbonyl (C=O) groups excluding carboxylic acids is 1. The second kappa shape index (κ2) is 6.12. The van der Waals surface area contributed by atoms with E-state index < -0.39 is 0 Å². The van der Waals surface area contributed by atoms with Gasteiger partial charge >= 0.3 is 0 Å². The van der Waals surface area contributed by atoms with E-state index >= 15 is 0 Å². The Labute approximate surface area is 124 Å². The molecule has 0 bridgehead atoms. The van der Waals surface area contributed by atoms with Gasteiger partial charge in [0, 0.05) is 25.4 Å². The second-order valence-corrected chi connectivity index (χ2v) is 5.58. The van der Waals surface area contributed by atoms with Crippen molar-refractivity contribution in [2.24, 2.45) is 5.92 Å². The van der Waals surface area contributed by atoms with Crippen LogP contribution in [-0.2, 0) is 17.8 Å². The van der Waals surface area contributed by atoms with Crippen LogP contribution in [0.15, 0.2) is 36.9 Å². The van der Waals surface area contributed by atoms with Gasteiger partial charge < -0.3 is 9.88 Å². The largest absolute Gasteiger partial charge is 0.356 e. The monoisotopic (exact) mass is 283 g/mol. The van der Waals surface area contributed by atoms with Gasteiger partial charge in [0.05, 0.1) is 11.0 Å². The first-order valence-electron chi connectivity index (χ1n) is 7.62. The van der Waals surface area contributed by atoms with Gasteiger partial charge in [-0.1, -0.05) is 18.2 Å². The number of hydrogen-bond acceptors (Lipinski definition) is 2. The van der Waals surface area contributed by atoms with Gasteiger partial charge in [0.1, 0.15) is 5.82 Å². The molecule has 0 spiro atoms. The van der Waals surface area contributed by atoms with Crippen molar-refractivity contribution in [1.82, 2.24) is 14.9 Å². The SMILES string of the molecule is C=CCn1c(CCCNC(=O)C2CC2)nc2ccccc21. The zero-order chi connectivity index (χ0) is 14.7. The Morgan fingerprint density at radius 2 is 2.24 bits per heavy atom. The van der Waals surface area contributed by atoms with Crippen LogP contribution in [0, 0.1) is 5.92 Å². The Hall–Kier alpha value is -2.10. The van der Waals surface area contributed by atoms with Crippen molar-refractivity contribution >= 4 is 16.9 Å². The molecule has 1 aliphatic carbocycles. The Morgan fingerprint density at radius 3 is 3.00 bits per heavy atom. The van der Waals surface area contributed by atoms with Crippen LogP contribution in [-0.4, -0.2) is 22.0 Å². The van der Waals surface area contributed by atoms with E-state index in [0.717, 1.165) is 55.6 Å². The van der Waals surface area contributed by atoms with E-state index in [1.165, 1.54) is 0 Å². The molecule has 1 aromatic carbocycles. The molecule has 4 heteroatoms. The molecule has 1 heterocycles. The number of nitrogens with one attached hydrogen (secondary N) is 1. The van der Waals surface area contributed by atoms with E-state index in [-0.39, 0.29) is 11.8 Å². The standard InChI is InChI=1S/C17H21N3O/c1-2-12-20-15-7-4-3-6-14(15)19-16(20)8-5-11-18-17(21)13-9-10-13/h2-4,6-7,13H,1,5,8-12H2,(H,18,21). The lowest BCUT2D eigenvalue weighted by Crippen LogP contribution is -2.26. The smallest absolute Gasteiger partial charge is 0.223 e. The molecular weight excluding hydrogens is 262 g/mol. The molecule has 1 amide bonds. The number of benzene rings is 1. The Kier molecular flexibility index (Phi) is 4.04. The van der Waals surface area contributed by atoms with Crippen molar-refractivity contribution in [2.45, 2.75) is 32.2 Å². The number of nitrogens with zero attached hydrogens (tertiary/aromatic N) is 2. The Bertz CT molecular complexity index is 655. The van der Waals surface area contributed by atoms with Crippen molar-refractivity contribution in [3.05, 3.63) is 42.7 Å². The number of allylic oxidation sites excluding steroid dienone is 1. The third kappa shape index (κ3) is 3.15. The van der Waals surface area contributed by atoms with E-state index in [2.05, 4.69) is 22.5 Å². The van der Waals surface area contributed by atoms with Gasteiger partial charge in [-0.05, 0) is 31.4 Å². The molecule has 1 fully saturated rings. The van der Waals surface area contributed by atoms with Crippen LogP contribution >= 0.6 is 0 Å². The minimum Gasteiger partial charge on any atom is -0.356 e. The quantitative estimate of drug-likeness (QED) is 0.627. The predicted octanol–water partition coefficient (Wildman–Crippen LogP) is 2.68. The van der Waals surface area contributed by atoms with E-state index in [1.54, 1.807) is 0 Å². The zero-order valence-corrected chi connectivity index (χ0v) is 12.2. The first kappa shape index (κ1) is 13.9. The molecule has 0 unspecified atom stereocenters. The average Bonchev–Trinajstić information content (AvgIpc) is 3.29. The fourth-order valence-corrected chi connectivity index (χ4v) is 2.60. The summed E-state index contributed by atoms with van der Waals surface area (Å²) in [4.78, 5) is 16.3. The second-order valence-electron chi connectivity index (χ2n) is 5.58. The van der Waals surface area contributed by atoms with Crippen LogP contribution < -0.4 is 5.32 Å². The summed E-state index contributed by atoms with van der Waals surface area (Å²) in [5.74, 6) is 1.57. The lowest BCUT2D eigenvalue weighted by atomic mass is 10.2. The molecular formula is C17H21N3O. The van der Waals surface area contributed by atoms with Crippen LogP contribution in [0.2, 0.25) is 0 Å². The van der Waals surface area contributed by atoms with Crippen molar-refractivity contribution in [2.75, 3.05) is 6.54 Å². The van der Waals surface area contributed by atoms with Crippen LogP contribution in [0.5, 0.6) is 0 Å². The number of fused-ring (bicyclic) bond motifs is 1. The van der Waals surface area contributed by atoms with Gasteiger partial charge in [0.15, 0.2) is 0 Å². The molecule has 0 radical (unpaired) electrons. The molecule has 21 heavy (non-hydrogen) atoms. The van der Waals surface area contributed by atoms with Crippen molar-refractivity contribution in [1.29, 1.82) is 0 Å². The van der Waals surface area contributed by atoms with Gasteiger partial charge in [0.25, 0.3) is 0 Å². The fourth-order valence-electron chi connectivity index (χ4n) is 2.60. The molecule has 1 aliphatic rings. The van der Waals surface area contributed by atoms with Crippen LogP contribution in [0.25, 0.3) is 11.0 Å². The maximum absolute atomic E-state index is 11.6. The molecule has 1 saturated carbocycles. The Morgan fingerprint density at radius 1 is 1.43 bits per heavy atom. The number of hydrogen-bond donors (Lipinski definition) is 1. The van der Waals surface area contributed by atoms with Crippen LogP contribution in [0.3, 0.4) is 0 Å². The van der Waals surface area contributed by atoms with Gasteiger partial charge in [0.2, 0.25) is 5.91 Å². The number of aryl methyl sites for hydroxylation is 1. The summed E-state index contributed by atoms with van der Waals surface area (Å²) < 4.78 is 2.20. The predicted molar refractivity (Wildman–Crippen MR) is 84.0 cm³/mol. The van der Waals surface area contributed by atoms with Gasteiger partial charge in [-0.3, -0.25) is 4.79 Å². The van der Waals surface area contributed by atoms with Gasteiger partial charge in [-0.2, -0.15) is 0 Å². The molecule has 1 N–H and O–H groups in total. The third-order valence-corrected chi connectivity index (χ3v) is 3.87. The number of imidazole rings is 1. The van der Waals surface area contributed by atoms with Crippen molar-refractivity contribution in [3.8, 4) is 0 Å². The third-order valence-electron chi connectivity index (χ3n) is 3.87. The highest BCUT2D eigenvalue weighted by Gasteiger charge is 2.28. The number of rotatable bonds is 7. The van der Waals surface area contributed by atoms with Crippen LogP contribution in [0.1, 0.15) is 25.1 Å². The van der Waals surface area contributed by atoms with E-state index in [9.17, 15) is 4.79 Å². The summed E-state index contributed by atoms with van der Waals surface area (Å²) in [5, 5.41) is 3.00. The summed E-state index contributed by atoms with van der Waals surface area (Å²) in [6.07, 6.45) is 5.79. The minimum absolute atomic E-state index is 0.217. The normalized spacial score (nSPS) is 14.3.